The van der Waals surface area contributed by atoms with Gasteiger partial charge < -0.3 is 10.5 Å². The maximum absolute atomic E-state index is 13.3. The molecule has 0 saturated carbocycles. The second-order valence-corrected chi connectivity index (χ2v) is 4.79. The van der Waals surface area contributed by atoms with E-state index in [1.165, 1.54) is 12.1 Å². The normalized spacial score (nSPS) is 12.3. The van der Waals surface area contributed by atoms with Crippen molar-refractivity contribution in [2.45, 2.75) is 26.8 Å². The van der Waals surface area contributed by atoms with Gasteiger partial charge in [-0.1, -0.05) is 18.2 Å². The molecule has 0 amide bonds. The summed E-state index contributed by atoms with van der Waals surface area (Å²) in [6.07, 6.45) is 0. The smallest absolute Gasteiger partial charge is 0.133 e. The molecule has 1 unspecified atom stereocenters. The van der Waals surface area contributed by atoms with Gasteiger partial charge >= 0.3 is 0 Å². The minimum absolute atomic E-state index is 0.282. The summed E-state index contributed by atoms with van der Waals surface area (Å²) in [6.45, 7) is 5.78. The Morgan fingerprint density at radius 3 is 2.32 bits per heavy atom. The summed E-state index contributed by atoms with van der Waals surface area (Å²) in [5.74, 6) is 1.10. The number of aryl methyl sites for hydroxylation is 2. The number of ether oxygens (including phenoxy) is 1. The van der Waals surface area contributed by atoms with Crippen LogP contribution in [0.2, 0.25) is 0 Å². The Bertz CT molecular complexity index is 573. The zero-order chi connectivity index (χ0) is 14.0. The predicted octanol–water partition coefficient (Wildman–Crippen LogP) is 4.25. The molecule has 2 nitrogen and oxygen atoms in total. The molecule has 2 rings (SSSR count). The maximum Gasteiger partial charge on any atom is 0.133 e. The summed E-state index contributed by atoms with van der Waals surface area (Å²) in [5, 5.41) is 0. The summed E-state index contributed by atoms with van der Waals surface area (Å²) < 4.78 is 19.2. The van der Waals surface area contributed by atoms with Crippen LogP contribution in [-0.2, 0) is 0 Å². The summed E-state index contributed by atoms with van der Waals surface area (Å²) in [7, 11) is 0. The van der Waals surface area contributed by atoms with Crippen LogP contribution >= 0.6 is 0 Å². The highest BCUT2D eigenvalue weighted by Gasteiger charge is 2.12. The molecule has 3 heteroatoms. The second kappa shape index (κ2) is 5.41. The van der Waals surface area contributed by atoms with Gasteiger partial charge in [0, 0.05) is 11.6 Å². The monoisotopic (exact) mass is 259 g/mol. The number of benzene rings is 2. The Balaban J connectivity index is 2.44. The molecule has 0 spiro atoms. The first-order valence-electron chi connectivity index (χ1n) is 6.28. The third-order valence-corrected chi connectivity index (χ3v) is 3.08. The van der Waals surface area contributed by atoms with Crippen LogP contribution in [0.25, 0.3) is 0 Å². The molecule has 0 aliphatic rings. The van der Waals surface area contributed by atoms with Crippen molar-refractivity contribution in [3.8, 4) is 11.5 Å². The highest BCUT2D eigenvalue weighted by atomic mass is 19.1. The quantitative estimate of drug-likeness (QED) is 0.894. The van der Waals surface area contributed by atoms with Crippen molar-refractivity contribution in [2.24, 2.45) is 5.73 Å². The highest BCUT2D eigenvalue weighted by molar-refractivity contribution is 5.45. The van der Waals surface area contributed by atoms with E-state index in [4.69, 9.17) is 10.5 Å². The van der Waals surface area contributed by atoms with Crippen molar-refractivity contribution in [1.29, 1.82) is 0 Å². The first-order valence-corrected chi connectivity index (χ1v) is 6.28. The lowest BCUT2D eigenvalue weighted by Crippen LogP contribution is -2.07. The fourth-order valence-corrected chi connectivity index (χ4v) is 2.04. The SMILES string of the molecule is Cc1cccc(C)c1Oc1ccc(F)cc1C(C)N. The predicted molar refractivity (Wildman–Crippen MR) is 75.0 cm³/mol. The number of para-hydroxylation sites is 1. The van der Waals surface area contributed by atoms with Gasteiger partial charge in [-0.3, -0.25) is 0 Å². The van der Waals surface area contributed by atoms with Gasteiger partial charge in [0.1, 0.15) is 17.3 Å². The summed E-state index contributed by atoms with van der Waals surface area (Å²) >= 11 is 0. The molecule has 2 aromatic rings. The summed E-state index contributed by atoms with van der Waals surface area (Å²) in [6, 6.07) is 10.1. The number of nitrogens with two attached hydrogens (primary N) is 1. The zero-order valence-electron chi connectivity index (χ0n) is 11.4. The molecule has 0 fully saturated rings. The number of hydrogen-bond acceptors (Lipinski definition) is 2. The van der Waals surface area contributed by atoms with E-state index >= 15 is 0 Å². The Morgan fingerprint density at radius 1 is 1.11 bits per heavy atom. The summed E-state index contributed by atoms with van der Waals surface area (Å²) in [4.78, 5) is 0. The molecule has 0 aliphatic carbocycles. The number of halogens is 1. The van der Waals surface area contributed by atoms with Crippen molar-refractivity contribution in [3.05, 3.63) is 58.9 Å². The van der Waals surface area contributed by atoms with E-state index in [-0.39, 0.29) is 11.9 Å². The molecule has 1 atom stereocenters. The molecule has 0 aromatic heterocycles. The van der Waals surface area contributed by atoms with Gasteiger partial charge in [-0.15, -0.1) is 0 Å². The molecule has 0 saturated heterocycles. The van der Waals surface area contributed by atoms with Gasteiger partial charge in [0.25, 0.3) is 0 Å². The summed E-state index contributed by atoms with van der Waals surface area (Å²) in [5.41, 5.74) is 8.62. The topological polar surface area (TPSA) is 35.2 Å². The standard InChI is InChI=1S/C16H18FNO/c1-10-5-4-6-11(2)16(10)19-15-8-7-13(17)9-14(15)12(3)18/h4-9,12H,18H2,1-3H3. The second-order valence-electron chi connectivity index (χ2n) is 4.79. The van der Waals surface area contributed by atoms with Crippen molar-refractivity contribution in [3.63, 3.8) is 0 Å². The Kier molecular flexibility index (Phi) is 3.86. The molecular formula is C16H18FNO. The fourth-order valence-electron chi connectivity index (χ4n) is 2.04. The first kappa shape index (κ1) is 13.6. The van der Waals surface area contributed by atoms with Crippen LogP contribution in [0.3, 0.4) is 0 Å². The zero-order valence-corrected chi connectivity index (χ0v) is 11.4. The van der Waals surface area contributed by atoms with Crippen molar-refractivity contribution >= 4 is 0 Å². The van der Waals surface area contributed by atoms with Crippen LogP contribution in [-0.4, -0.2) is 0 Å². The Hall–Kier alpha value is -1.87. The third-order valence-electron chi connectivity index (χ3n) is 3.08. The van der Waals surface area contributed by atoms with Crippen LogP contribution in [0.5, 0.6) is 11.5 Å². The van der Waals surface area contributed by atoms with Crippen molar-refractivity contribution in [2.75, 3.05) is 0 Å². The molecule has 2 N–H and O–H groups in total. The van der Waals surface area contributed by atoms with E-state index in [2.05, 4.69) is 0 Å². The highest BCUT2D eigenvalue weighted by Crippen LogP contribution is 2.33. The van der Waals surface area contributed by atoms with Crippen LogP contribution in [0.1, 0.15) is 29.7 Å². The van der Waals surface area contributed by atoms with Crippen LogP contribution in [0, 0.1) is 19.7 Å². The number of rotatable bonds is 3. The van der Waals surface area contributed by atoms with E-state index in [0.29, 0.717) is 11.3 Å². The molecule has 0 bridgehead atoms. The molecule has 100 valence electrons. The van der Waals surface area contributed by atoms with Gasteiger partial charge in [-0.25, -0.2) is 4.39 Å². The lowest BCUT2D eigenvalue weighted by Gasteiger charge is -2.16. The van der Waals surface area contributed by atoms with E-state index in [0.717, 1.165) is 16.9 Å². The lowest BCUT2D eigenvalue weighted by molar-refractivity contribution is 0.462. The van der Waals surface area contributed by atoms with Gasteiger partial charge in [0.05, 0.1) is 0 Å². The van der Waals surface area contributed by atoms with Gasteiger partial charge in [-0.2, -0.15) is 0 Å². The van der Waals surface area contributed by atoms with Gasteiger partial charge in [-0.05, 0) is 50.1 Å². The first-order chi connectivity index (χ1) is 8.99. The lowest BCUT2D eigenvalue weighted by atomic mass is 10.1. The molecule has 0 aliphatic heterocycles. The Morgan fingerprint density at radius 2 is 1.74 bits per heavy atom. The Labute approximate surface area is 113 Å². The maximum atomic E-state index is 13.3. The van der Waals surface area contributed by atoms with E-state index in [1.807, 2.05) is 39.0 Å². The minimum Gasteiger partial charge on any atom is -0.456 e. The third kappa shape index (κ3) is 2.93. The van der Waals surface area contributed by atoms with E-state index < -0.39 is 0 Å². The van der Waals surface area contributed by atoms with Crippen LogP contribution < -0.4 is 10.5 Å². The van der Waals surface area contributed by atoms with Crippen molar-refractivity contribution in [1.82, 2.24) is 0 Å². The van der Waals surface area contributed by atoms with Gasteiger partial charge in [0.2, 0.25) is 0 Å². The number of hydrogen-bond donors (Lipinski definition) is 1. The molecule has 0 radical (unpaired) electrons. The van der Waals surface area contributed by atoms with E-state index in [9.17, 15) is 4.39 Å². The fraction of sp³-hybridized carbons (Fsp3) is 0.250. The molecule has 0 heterocycles. The molecule has 2 aromatic carbocycles. The van der Waals surface area contributed by atoms with Gasteiger partial charge in [0.15, 0.2) is 0 Å². The average Bonchev–Trinajstić information content (AvgIpc) is 2.35. The largest absolute Gasteiger partial charge is 0.456 e. The van der Waals surface area contributed by atoms with Crippen LogP contribution in [0.4, 0.5) is 4.39 Å². The van der Waals surface area contributed by atoms with E-state index in [1.54, 1.807) is 6.07 Å². The average molecular weight is 259 g/mol. The molecular weight excluding hydrogens is 241 g/mol. The van der Waals surface area contributed by atoms with Crippen molar-refractivity contribution < 1.29 is 9.13 Å². The molecule has 19 heavy (non-hydrogen) atoms. The minimum atomic E-state index is -0.304. The van der Waals surface area contributed by atoms with Crippen LogP contribution in [0.15, 0.2) is 36.4 Å².